The molecule has 1 aliphatic heterocycles. The predicted molar refractivity (Wildman–Crippen MR) is 393 cm³/mol. The SMILES string of the molecule is CC(=O)[C@@H](C)CCC(=O)CC1CCCC(C(=O)O)CC1=O.COC(=O)C(N)CCCC(C)N.COC(=O)C1CCCC(CC(=O)CC[C@H](C)C(C)=O)C(=O)C1.COC(=O)C1CCCC(N)C(=O)N1.NCCCCC(N)C(=O)O.N[C@@H](CCC(=O)CC1CCCC(C(=O)O)CC1=O)C(=O)O.O=C=O.O=C=O.O=S(Cl)Cl.[Ag].[O]=[Ag]. The van der Waals surface area contributed by atoms with Crippen LogP contribution in [0, 0.1) is 47.3 Å². The standard InChI is InChI=1S/C17H26O5.C16H24O5.C14H21NO6.C8H14N2O3.C8H18N2O2.C6H14N2O2.2CO2.2Ag.Cl2OS.O/c1-11(12(2)18)7-8-15(19)9-13-5-4-6-14(10-16(13)20)17(21)22-3;1-10(11(2)17)6-7-14(18)8-12-4-3-5-13(16(20)21)9-15(12)19;15-11(14(20)21)5-4-10(16)6-8-2-1-3-9(13(18)19)7-12(8)17;1-13-8(12)6-4-2-3-5(9)7(11)10-6;1-6(9)4-3-5-7(10)8(11)12-2;7-4-2-1-3-5(8)6(9)10;2*2-1-3;;;1-4(2)3;/h11,13-14H,4-10H2,1-3H3;10,12-13H,3-9H2,1-2H3,(H,20,21);8-9,11H,1-7,15H2,(H,18,19)(H,20,21);5-6H,2-4,9H2,1H3,(H,10,11);6-7H,3-5,9-10H2,1-2H3;5H,1-4,7-8H2,(H,9,10);;;;;;/t11-,13?,14?;10-,12?,13?;8?,9?,11-;;;;;;;;;/m000........./s1. The third-order valence-electron chi connectivity index (χ3n) is 17.9. The Bertz CT molecular complexity index is 2890. The first-order valence-electron chi connectivity index (χ1n) is 35.9. The number of ether oxygens (including phenoxy) is 3. The van der Waals surface area contributed by atoms with E-state index in [2.05, 4.69) is 36.2 Å². The number of methoxy groups -OCH3 is 3. The van der Waals surface area contributed by atoms with Crippen LogP contribution in [-0.2, 0) is 166 Å². The second-order valence-electron chi connectivity index (χ2n) is 26.7. The first-order valence-corrected chi connectivity index (χ1v) is 39.3. The van der Waals surface area contributed by atoms with E-state index in [9.17, 15) is 76.7 Å². The van der Waals surface area contributed by atoms with Crippen molar-refractivity contribution in [2.24, 2.45) is 81.7 Å². The fraction of sp³-hybridized carbons (Fsp3) is 0.746. The van der Waals surface area contributed by atoms with Gasteiger partial charge in [-0.1, -0.05) is 39.5 Å². The fourth-order valence-electron chi connectivity index (χ4n) is 10.9. The topological polar surface area (TPSA) is 652 Å². The number of nitrogens with two attached hydrogens (primary N) is 6. The Balaban J connectivity index is -0.000000233. The summed E-state index contributed by atoms with van der Waals surface area (Å²) in [4.78, 5) is 214. The molecule has 17 N–H and O–H groups in total. The average molecular weight is 1850 g/mol. The van der Waals surface area contributed by atoms with E-state index in [-0.39, 0.29) is 186 Å². The molecule has 0 aromatic heterocycles. The van der Waals surface area contributed by atoms with Crippen molar-refractivity contribution in [1.82, 2.24) is 5.32 Å². The van der Waals surface area contributed by atoms with Crippen LogP contribution in [0.15, 0.2) is 0 Å². The Morgan fingerprint density at radius 2 is 0.839 bits per heavy atom. The molecule has 0 aromatic rings. The molecule has 36 nitrogen and oxygen atoms in total. The third-order valence-corrected chi connectivity index (χ3v) is 17.9. The number of nitrogens with one attached hydrogen (secondary N) is 1. The summed E-state index contributed by atoms with van der Waals surface area (Å²) in [6.07, 6.45) is 14.9. The summed E-state index contributed by atoms with van der Waals surface area (Å²) in [7, 11) is 11.3. The Kier molecular flexibility index (Phi) is 78.1. The summed E-state index contributed by atoms with van der Waals surface area (Å²) in [5.74, 6) is -8.59. The van der Waals surface area contributed by atoms with Gasteiger partial charge in [0, 0.05) is 137 Å². The van der Waals surface area contributed by atoms with Crippen LogP contribution in [0.3, 0.4) is 0 Å². The van der Waals surface area contributed by atoms with Crippen molar-refractivity contribution in [3.05, 3.63) is 0 Å². The number of carbonyl (C=O) groups is 16. The zero-order valence-corrected chi connectivity index (χ0v) is 70.0. The molecular weight excluding hydrogens is 1730 g/mol. The number of Topliss-reactive ketones (excluding diaryl/α,β-unsaturated/α-hetero) is 8. The van der Waals surface area contributed by atoms with Crippen molar-refractivity contribution in [2.75, 3.05) is 27.9 Å². The molecule has 11 unspecified atom stereocenters. The Labute approximate surface area is 692 Å². The van der Waals surface area contributed by atoms with E-state index in [4.69, 9.17) is 86.2 Å². The van der Waals surface area contributed by atoms with Crippen molar-refractivity contribution in [1.29, 1.82) is 0 Å². The first-order chi connectivity index (χ1) is 51.9. The van der Waals surface area contributed by atoms with Gasteiger partial charge in [-0.15, -0.1) is 0 Å². The molecule has 3 aliphatic carbocycles. The molecule has 4 aliphatic rings. The van der Waals surface area contributed by atoms with Gasteiger partial charge in [0.05, 0.1) is 45.1 Å². The molecule has 1 saturated heterocycles. The molecule has 0 aromatic carbocycles. The molecule has 0 spiro atoms. The number of hydrogen-bond acceptors (Lipinski definition) is 31. The van der Waals surface area contributed by atoms with Gasteiger partial charge in [0.2, 0.25) is 15.1 Å². The number of amides is 1. The molecule has 652 valence electrons. The van der Waals surface area contributed by atoms with Crippen LogP contribution in [0.4, 0.5) is 0 Å². The zero-order valence-electron chi connectivity index (χ0n) is 64.7. The number of unbranched alkanes of at least 4 members (excludes halogenated alkanes) is 1. The summed E-state index contributed by atoms with van der Waals surface area (Å²) < 4.78 is 30.9. The number of carbonyl (C=O) groups excluding carboxylic acids is 16. The van der Waals surface area contributed by atoms with E-state index in [1.54, 1.807) is 28.0 Å². The van der Waals surface area contributed by atoms with Crippen molar-refractivity contribution in [3.63, 3.8) is 0 Å². The summed E-state index contributed by atoms with van der Waals surface area (Å²) >= 11 is 1.70. The number of carboxylic acid groups (broad SMARTS) is 4. The van der Waals surface area contributed by atoms with Crippen LogP contribution in [-0.4, -0.2) is 195 Å². The minimum atomic E-state index is -1.67. The van der Waals surface area contributed by atoms with Crippen LogP contribution in [0.2, 0.25) is 0 Å². The minimum absolute atomic E-state index is 0. The normalized spacial score (nSPS) is 20.3. The van der Waals surface area contributed by atoms with Gasteiger partial charge in [0.15, 0.2) is 0 Å². The Morgan fingerprint density at radius 3 is 1.16 bits per heavy atom. The van der Waals surface area contributed by atoms with E-state index in [1.165, 1.54) is 35.2 Å². The predicted octanol–water partition coefficient (Wildman–Crippen LogP) is 3.95. The van der Waals surface area contributed by atoms with Crippen molar-refractivity contribution in [3.8, 4) is 0 Å². The monoisotopic (exact) mass is 1850 g/mol. The van der Waals surface area contributed by atoms with Gasteiger partial charge in [-0.3, -0.25) is 71.9 Å². The number of ketones is 8. The average Bonchev–Trinajstić information content (AvgIpc) is 1.73. The molecule has 0 bridgehead atoms. The molecular formula is C71H117Ag2Cl2N7O29S. The van der Waals surface area contributed by atoms with Crippen molar-refractivity contribution in [2.45, 2.75) is 263 Å². The number of halogens is 2. The van der Waals surface area contributed by atoms with Gasteiger partial charge < -0.3 is 74.4 Å². The molecule has 41 heteroatoms. The van der Waals surface area contributed by atoms with Crippen LogP contribution < -0.4 is 39.7 Å². The van der Waals surface area contributed by atoms with Gasteiger partial charge in [-0.2, -0.15) is 19.2 Å². The van der Waals surface area contributed by atoms with Gasteiger partial charge in [0.25, 0.3) is 0 Å². The summed E-state index contributed by atoms with van der Waals surface area (Å²) in [6.45, 7) is 9.18. The second-order valence-corrected chi connectivity index (χ2v) is 29.3. The van der Waals surface area contributed by atoms with Crippen molar-refractivity contribution >= 4 is 137 Å². The van der Waals surface area contributed by atoms with Crippen LogP contribution in [0.1, 0.15) is 227 Å². The van der Waals surface area contributed by atoms with Crippen LogP contribution in [0.5, 0.6) is 0 Å². The van der Waals surface area contributed by atoms with Crippen LogP contribution in [0.25, 0.3) is 0 Å². The Hall–Kier alpha value is -6.35. The zero-order chi connectivity index (χ0) is 87.1. The van der Waals surface area contributed by atoms with Gasteiger partial charge in [-0.25, -0.2) is 9.00 Å². The van der Waals surface area contributed by atoms with Gasteiger partial charge in [0.1, 0.15) is 70.4 Å². The van der Waals surface area contributed by atoms with Gasteiger partial charge >= 0.3 is 78.4 Å². The van der Waals surface area contributed by atoms with Crippen LogP contribution >= 0.6 is 21.4 Å². The molecule has 14 atom stereocenters. The van der Waals surface area contributed by atoms with E-state index in [1.807, 2.05) is 13.8 Å². The number of hydrogen-bond donors (Lipinski definition) is 11. The van der Waals surface area contributed by atoms with E-state index < -0.39 is 87.0 Å². The Morgan fingerprint density at radius 1 is 0.509 bits per heavy atom. The molecule has 112 heavy (non-hydrogen) atoms. The van der Waals surface area contributed by atoms with E-state index in [0.29, 0.717) is 109 Å². The second kappa shape index (κ2) is 73.5. The summed E-state index contributed by atoms with van der Waals surface area (Å²) in [5, 5.41) is 37.4. The maximum absolute atomic E-state index is 12.2. The van der Waals surface area contributed by atoms with Crippen molar-refractivity contribution < 1.29 is 181 Å². The van der Waals surface area contributed by atoms with E-state index >= 15 is 0 Å². The maximum atomic E-state index is 12.2. The number of rotatable bonds is 32. The molecule has 4 fully saturated rings. The molecule has 1 radical (unpaired) electrons. The number of aliphatic carboxylic acids is 4. The first kappa shape index (κ1) is 119. The summed E-state index contributed by atoms with van der Waals surface area (Å²) in [6, 6.07) is -3.12. The summed E-state index contributed by atoms with van der Waals surface area (Å²) in [5.41, 5.74) is 32.3. The molecule has 3 saturated carbocycles. The van der Waals surface area contributed by atoms with Gasteiger partial charge in [-0.05, 0) is 136 Å². The van der Waals surface area contributed by atoms with E-state index in [0.717, 1.165) is 38.5 Å². The molecule has 1 amide bonds. The number of carboxylic acids is 4. The quantitative estimate of drug-likeness (QED) is 0.0113. The third kappa shape index (κ3) is 65.0. The fourth-order valence-corrected chi connectivity index (χ4v) is 10.9. The molecule has 1 heterocycles. The number of esters is 3. The molecule has 4 rings (SSSR count).